The molecule has 2 N–H and O–H groups in total. The van der Waals surface area contributed by atoms with Gasteiger partial charge in [-0.3, -0.25) is 0 Å². The molecule has 0 saturated heterocycles. The molecule has 34 heavy (non-hydrogen) atoms. The number of carbonyl (C=O) groups excluding carboxylic acids is 1. The Hall–Kier alpha value is -3.26. The Kier molecular flexibility index (Phi) is 5.85. The SMILES string of the molecule is CN1CCc2cc(S(=O)(=O)NC(=O)Nc3c(-c4ccnc(C#N)c4)ccc4c3CCC4)sc2C1. The van der Waals surface area contributed by atoms with Crippen molar-refractivity contribution in [2.24, 2.45) is 0 Å². The highest BCUT2D eigenvalue weighted by Gasteiger charge is 2.26. The molecule has 2 aliphatic rings. The summed E-state index contributed by atoms with van der Waals surface area (Å²) in [5.41, 5.74) is 5.45. The number of nitrogens with zero attached hydrogens (tertiary/aromatic N) is 3. The maximum Gasteiger partial charge on any atom is 0.333 e. The van der Waals surface area contributed by atoms with Gasteiger partial charge in [0.05, 0.1) is 5.69 Å². The van der Waals surface area contributed by atoms with Crippen LogP contribution in [0.3, 0.4) is 0 Å². The molecule has 10 heteroatoms. The molecule has 0 spiro atoms. The summed E-state index contributed by atoms with van der Waals surface area (Å²) < 4.78 is 28.3. The summed E-state index contributed by atoms with van der Waals surface area (Å²) in [6.07, 6.45) is 4.99. The summed E-state index contributed by atoms with van der Waals surface area (Å²) in [7, 11) is -2.01. The molecule has 2 amide bonds. The van der Waals surface area contributed by atoms with Gasteiger partial charge in [-0.25, -0.2) is 22.9 Å². The molecular weight excluding hydrogens is 470 g/mol. The number of rotatable bonds is 4. The minimum atomic E-state index is -4.01. The molecule has 0 fully saturated rings. The first-order valence-corrected chi connectivity index (χ1v) is 13.3. The van der Waals surface area contributed by atoms with Gasteiger partial charge in [0.15, 0.2) is 0 Å². The Morgan fingerprint density at radius 1 is 1.18 bits per heavy atom. The maximum atomic E-state index is 13.0. The summed E-state index contributed by atoms with van der Waals surface area (Å²) in [5.74, 6) is 0. The predicted octanol–water partition coefficient (Wildman–Crippen LogP) is 3.67. The van der Waals surface area contributed by atoms with Crippen molar-refractivity contribution >= 4 is 33.1 Å². The van der Waals surface area contributed by atoms with Crippen molar-refractivity contribution in [3.05, 3.63) is 63.8 Å². The summed E-state index contributed by atoms with van der Waals surface area (Å²) in [6, 6.07) is 10.2. The zero-order valence-electron chi connectivity index (χ0n) is 18.6. The number of nitriles is 1. The molecule has 3 aromatic rings. The predicted molar refractivity (Wildman–Crippen MR) is 130 cm³/mol. The Balaban J connectivity index is 1.44. The van der Waals surface area contributed by atoms with Gasteiger partial charge in [-0.15, -0.1) is 11.3 Å². The van der Waals surface area contributed by atoms with Crippen molar-refractivity contribution in [3.63, 3.8) is 0 Å². The van der Waals surface area contributed by atoms with Crippen molar-refractivity contribution in [2.75, 3.05) is 18.9 Å². The number of hydrogen-bond donors (Lipinski definition) is 2. The van der Waals surface area contributed by atoms with E-state index in [4.69, 9.17) is 0 Å². The molecule has 1 aromatic carbocycles. The first-order chi connectivity index (χ1) is 16.3. The van der Waals surface area contributed by atoms with Crippen LogP contribution in [0, 0.1) is 11.3 Å². The van der Waals surface area contributed by atoms with E-state index < -0.39 is 16.1 Å². The summed E-state index contributed by atoms with van der Waals surface area (Å²) in [6.45, 7) is 1.58. The van der Waals surface area contributed by atoms with Crippen LogP contribution in [-0.4, -0.2) is 37.9 Å². The molecule has 8 nitrogen and oxygen atoms in total. The van der Waals surface area contributed by atoms with Crippen molar-refractivity contribution in [1.29, 1.82) is 5.26 Å². The van der Waals surface area contributed by atoms with Crippen LogP contribution >= 0.6 is 11.3 Å². The molecule has 2 aromatic heterocycles. The van der Waals surface area contributed by atoms with Gasteiger partial charge in [0.1, 0.15) is 16.0 Å². The number of carbonyl (C=O) groups is 1. The van der Waals surface area contributed by atoms with Gasteiger partial charge in [0.2, 0.25) is 0 Å². The molecule has 0 unspecified atom stereocenters. The van der Waals surface area contributed by atoms with Crippen LogP contribution in [0.25, 0.3) is 11.1 Å². The smallest absolute Gasteiger partial charge is 0.306 e. The largest absolute Gasteiger partial charge is 0.333 e. The van der Waals surface area contributed by atoms with Gasteiger partial charge < -0.3 is 10.2 Å². The second kappa shape index (κ2) is 8.83. The third kappa shape index (κ3) is 4.30. The van der Waals surface area contributed by atoms with E-state index in [1.807, 2.05) is 25.2 Å². The fraction of sp³-hybridized carbons (Fsp3) is 0.292. The van der Waals surface area contributed by atoms with Crippen LogP contribution in [0.4, 0.5) is 10.5 Å². The zero-order valence-corrected chi connectivity index (χ0v) is 20.2. The monoisotopic (exact) mass is 493 g/mol. The number of aryl methyl sites for hydroxylation is 1. The number of urea groups is 1. The number of pyridine rings is 1. The summed E-state index contributed by atoms with van der Waals surface area (Å²) in [5, 5.41) is 12.0. The third-order valence-corrected chi connectivity index (χ3v) is 9.22. The number of aromatic nitrogens is 1. The van der Waals surface area contributed by atoms with E-state index in [0.717, 1.165) is 64.9 Å². The molecule has 3 heterocycles. The summed E-state index contributed by atoms with van der Waals surface area (Å²) >= 11 is 1.21. The molecule has 0 bridgehead atoms. The minimum absolute atomic E-state index is 0.147. The fourth-order valence-corrected chi connectivity index (χ4v) is 7.15. The van der Waals surface area contributed by atoms with E-state index in [1.165, 1.54) is 11.3 Å². The standard InChI is InChI=1S/C24H23N5O3S2/c1-29-10-8-17-12-22(33-21(17)14-29)34(31,32)28-24(30)27-23-19-4-2-3-15(19)5-6-20(23)16-7-9-26-18(11-16)13-25/h5-7,9,11-12H,2-4,8,10,14H2,1H3,(H2,27,28,30). The number of fused-ring (bicyclic) bond motifs is 2. The third-order valence-electron chi connectivity index (χ3n) is 6.25. The lowest BCUT2D eigenvalue weighted by molar-refractivity contribution is 0.256. The Morgan fingerprint density at radius 2 is 2.03 bits per heavy atom. The van der Waals surface area contributed by atoms with Crippen LogP contribution in [0.15, 0.2) is 40.7 Å². The van der Waals surface area contributed by atoms with Crippen LogP contribution in [0.1, 0.15) is 33.7 Å². The lowest BCUT2D eigenvalue weighted by Crippen LogP contribution is -2.34. The molecule has 0 atom stereocenters. The van der Waals surface area contributed by atoms with E-state index in [1.54, 1.807) is 24.4 Å². The summed E-state index contributed by atoms with van der Waals surface area (Å²) in [4.78, 5) is 20.1. The van der Waals surface area contributed by atoms with Crippen LogP contribution in [0.5, 0.6) is 0 Å². The fourth-order valence-electron chi connectivity index (χ4n) is 4.57. The van der Waals surface area contributed by atoms with Crippen LogP contribution in [0.2, 0.25) is 0 Å². The zero-order chi connectivity index (χ0) is 23.9. The van der Waals surface area contributed by atoms with E-state index in [9.17, 15) is 18.5 Å². The van der Waals surface area contributed by atoms with Gasteiger partial charge in [-0.2, -0.15) is 5.26 Å². The van der Waals surface area contributed by atoms with E-state index in [0.29, 0.717) is 12.2 Å². The normalized spacial score (nSPS) is 15.3. The Morgan fingerprint density at radius 3 is 2.85 bits per heavy atom. The van der Waals surface area contributed by atoms with Crippen molar-refractivity contribution in [3.8, 4) is 17.2 Å². The Labute approximate surface area is 202 Å². The quantitative estimate of drug-likeness (QED) is 0.573. The highest BCUT2D eigenvalue weighted by atomic mass is 32.2. The molecule has 0 saturated carbocycles. The average molecular weight is 494 g/mol. The number of amides is 2. The van der Waals surface area contributed by atoms with Gasteiger partial charge in [-0.1, -0.05) is 12.1 Å². The van der Waals surface area contributed by atoms with Gasteiger partial charge in [-0.05, 0) is 73.2 Å². The van der Waals surface area contributed by atoms with Crippen LogP contribution in [-0.2, 0) is 35.8 Å². The second-order valence-electron chi connectivity index (χ2n) is 8.58. The topological polar surface area (TPSA) is 115 Å². The van der Waals surface area contributed by atoms with E-state index >= 15 is 0 Å². The minimum Gasteiger partial charge on any atom is -0.306 e. The van der Waals surface area contributed by atoms with Crippen molar-refractivity contribution in [1.82, 2.24) is 14.6 Å². The van der Waals surface area contributed by atoms with Crippen molar-refractivity contribution in [2.45, 2.75) is 36.4 Å². The number of sulfonamides is 1. The number of benzene rings is 1. The molecule has 1 aliphatic heterocycles. The molecule has 0 radical (unpaired) electrons. The number of hydrogen-bond acceptors (Lipinski definition) is 7. The Bertz CT molecular complexity index is 1440. The number of anilines is 1. The number of nitrogens with one attached hydrogen (secondary N) is 2. The molecule has 174 valence electrons. The number of thiophene rings is 1. The molecule has 1 aliphatic carbocycles. The van der Waals surface area contributed by atoms with Crippen molar-refractivity contribution < 1.29 is 13.2 Å². The van der Waals surface area contributed by atoms with Crippen LogP contribution < -0.4 is 10.0 Å². The second-order valence-corrected chi connectivity index (χ2v) is 11.6. The van der Waals surface area contributed by atoms with Gasteiger partial charge in [0, 0.05) is 29.7 Å². The first-order valence-electron chi connectivity index (χ1n) is 11.0. The van der Waals surface area contributed by atoms with Gasteiger partial charge in [0.25, 0.3) is 10.0 Å². The highest BCUT2D eigenvalue weighted by molar-refractivity contribution is 7.92. The van der Waals surface area contributed by atoms with E-state index in [2.05, 4.69) is 19.9 Å². The first kappa shape index (κ1) is 22.5. The van der Waals surface area contributed by atoms with E-state index in [-0.39, 0.29) is 9.90 Å². The average Bonchev–Trinajstić information content (AvgIpc) is 3.46. The number of likely N-dealkylation sites (N-methyl/N-ethyl adjacent to an activating group) is 1. The molecular formula is C24H23N5O3S2. The lowest BCUT2D eigenvalue weighted by Gasteiger charge is -2.21. The molecule has 5 rings (SSSR count). The van der Waals surface area contributed by atoms with Gasteiger partial charge >= 0.3 is 6.03 Å². The highest BCUT2D eigenvalue weighted by Crippen LogP contribution is 2.38. The lowest BCUT2D eigenvalue weighted by atomic mass is 9.97. The maximum absolute atomic E-state index is 13.0.